The highest BCUT2D eigenvalue weighted by Crippen LogP contribution is 2.32. The summed E-state index contributed by atoms with van der Waals surface area (Å²) in [4.78, 5) is 30.0. The lowest BCUT2D eigenvalue weighted by Crippen LogP contribution is -2.43. The smallest absolute Gasteiger partial charge is 0.240 e. The van der Waals surface area contributed by atoms with Gasteiger partial charge in [0.15, 0.2) is 0 Å². The molecule has 0 saturated carbocycles. The summed E-state index contributed by atoms with van der Waals surface area (Å²) in [5, 5.41) is 4.17. The number of nitrogens with zero attached hydrogens (tertiary/aromatic N) is 2. The quantitative estimate of drug-likeness (QED) is 0.923. The van der Waals surface area contributed by atoms with Gasteiger partial charge in [0, 0.05) is 17.8 Å². The number of fused-ring (bicyclic) bond motifs is 1. The molecule has 118 valence electrons. The van der Waals surface area contributed by atoms with Gasteiger partial charge in [-0.2, -0.15) is 0 Å². The molecule has 0 atom stereocenters. The van der Waals surface area contributed by atoms with Crippen molar-refractivity contribution in [1.82, 2.24) is 10.3 Å². The van der Waals surface area contributed by atoms with E-state index in [9.17, 15) is 9.59 Å². The highest BCUT2D eigenvalue weighted by molar-refractivity contribution is 8.00. The molecule has 1 aromatic carbocycles. The Balaban J connectivity index is 1.66. The zero-order chi connectivity index (χ0) is 16.2. The van der Waals surface area contributed by atoms with Gasteiger partial charge in [-0.25, -0.2) is 4.98 Å². The number of rotatable bonds is 4. The number of thioether (sulfide) groups is 1. The Hall–Kier alpha value is -2.05. The minimum atomic E-state index is -0.236. The van der Waals surface area contributed by atoms with Crippen LogP contribution in [0.15, 0.2) is 47.6 Å². The van der Waals surface area contributed by atoms with E-state index in [0.29, 0.717) is 23.0 Å². The third-order valence-corrected chi connectivity index (χ3v) is 4.76. The molecule has 0 bridgehead atoms. The molecule has 0 spiro atoms. The van der Waals surface area contributed by atoms with Crippen LogP contribution in [-0.2, 0) is 16.1 Å². The van der Waals surface area contributed by atoms with E-state index < -0.39 is 0 Å². The van der Waals surface area contributed by atoms with Crippen LogP contribution in [0.2, 0.25) is 5.02 Å². The zero-order valence-electron chi connectivity index (χ0n) is 12.2. The minimum Gasteiger partial charge on any atom is -0.350 e. The second kappa shape index (κ2) is 7.02. The highest BCUT2D eigenvalue weighted by atomic mass is 35.5. The molecule has 0 radical (unpaired) electrons. The lowest BCUT2D eigenvalue weighted by Gasteiger charge is -2.27. The maximum absolute atomic E-state index is 12.2. The Morgan fingerprint density at radius 2 is 2.13 bits per heavy atom. The predicted molar refractivity (Wildman–Crippen MR) is 90.6 cm³/mol. The van der Waals surface area contributed by atoms with Crippen molar-refractivity contribution >= 4 is 40.9 Å². The number of carbonyl (C=O) groups is 2. The molecule has 0 saturated heterocycles. The van der Waals surface area contributed by atoms with Crippen LogP contribution in [0.3, 0.4) is 0 Å². The van der Waals surface area contributed by atoms with Crippen LogP contribution < -0.4 is 10.2 Å². The van der Waals surface area contributed by atoms with Crippen LogP contribution in [0.1, 0.15) is 5.56 Å². The van der Waals surface area contributed by atoms with Crippen LogP contribution in [-0.4, -0.2) is 29.1 Å². The molecule has 5 nitrogen and oxygen atoms in total. The standard InChI is InChI=1S/C16H14ClN3O2S/c17-12-5-2-1-4-11(12)8-19-14(21)9-20-13-6-3-7-18-16(13)23-10-15(20)22/h1-7H,8-10H2,(H,19,21). The van der Waals surface area contributed by atoms with Crippen molar-refractivity contribution < 1.29 is 9.59 Å². The molecule has 23 heavy (non-hydrogen) atoms. The molecule has 1 aliphatic rings. The van der Waals surface area contributed by atoms with Crippen LogP contribution in [0, 0.1) is 0 Å². The molecular weight excluding hydrogens is 334 g/mol. The molecule has 3 rings (SSSR count). The number of amides is 2. The summed E-state index contributed by atoms with van der Waals surface area (Å²) < 4.78 is 0. The molecule has 1 N–H and O–H groups in total. The van der Waals surface area contributed by atoms with E-state index in [0.717, 1.165) is 10.6 Å². The van der Waals surface area contributed by atoms with Gasteiger partial charge in [-0.3, -0.25) is 14.5 Å². The summed E-state index contributed by atoms with van der Waals surface area (Å²) in [5.41, 5.74) is 1.52. The van der Waals surface area contributed by atoms with Crippen LogP contribution in [0.25, 0.3) is 0 Å². The summed E-state index contributed by atoms with van der Waals surface area (Å²) in [7, 11) is 0. The fraction of sp³-hybridized carbons (Fsp3) is 0.188. The van der Waals surface area contributed by atoms with Crippen molar-refractivity contribution in [3.63, 3.8) is 0 Å². The molecule has 1 aliphatic heterocycles. The third-order valence-electron chi connectivity index (χ3n) is 3.41. The monoisotopic (exact) mass is 347 g/mol. The number of carbonyl (C=O) groups excluding carboxylic acids is 2. The van der Waals surface area contributed by atoms with Crippen LogP contribution in [0.5, 0.6) is 0 Å². The Morgan fingerprint density at radius 1 is 1.30 bits per heavy atom. The largest absolute Gasteiger partial charge is 0.350 e. The number of nitrogens with one attached hydrogen (secondary N) is 1. The summed E-state index contributed by atoms with van der Waals surface area (Å²) in [6, 6.07) is 10.9. The Kier molecular flexibility index (Phi) is 4.83. The molecule has 1 aromatic heterocycles. The van der Waals surface area contributed by atoms with Gasteiger partial charge in [0.05, 0.1) is 11.4 Å². The van der Waals surface area contributed by atoms with E-state index in [1.54, 1.807) is 24.4 Å². The lowest BCUT2D eigenvalue weighted by molar-refractivity contribution is -0.123. The minimum absolute atomic E-state index is 0.0253. The number of hydrogen-bond acceptors (Lipinski definition) is 4. The second-order valence-electron chi connectivity index (χ2n) is 4.96. The average Bonchev–Trinajstić information content (AvgIpc) is 2.57. The molecular formula is C16H14ClN3O2S. The summed E-state index contributed by atoms with van der Waals surface area (Å²) in [6.45, 7) is 0.303. The van der Waals surface area contributed by atoms with Gasteiger partial charge in [0.25, 0.3) is 0 Å². The first-order valence-corrected chi connectivity index (χ1v) is 8.40. The van der Waals surface area contributed by atoms with Crippen molar-refractivity contribution in [3.05, 3.63) is 53.2 Å². The van der Waals surface area contributed by atoms with E-state index in [-0.39, 0.29) is 18.4 Å². The predicted octanol–water partition coefficient (Wildman–Crippen LogP) is 2.49. The maximum Gasteiger partial charge on any atom is 0.240 e. The van der Waals surface area contributed by atoms with E-state index in [4.69, 9.17) is 11.6 Å². The van der Waals surface area contributed by atoms with Gasteiger partial charge >= 0.3 is 0 Å². The van der Waals surface area contributed by atoms with E-state index in [1.165, 1.54) is 16.7 Å². The molecule has 0 aliphatic carbocycles. The Morgan fingerprint density at radius 3 is 2.96 bits per heavy atom. The molecule has 2 amide bonds. The SMILES string of the molecule is O=C(CN1C(=O)CSc2ncccc21)NCc1ccccc1Cl. The van der Waals surface area contributed by atoms with Crippen molar-refractivity contribution in [2.75, 3.05) is 17.2 Å². The number of pyridine rings is 1. The number of benzene rings is 1. The van der Waals surface area contributed by atoms with Gasteiger partial charge in [-0.05, 0) is 23.8 Å². The van der Waals surface area contributed by atoms with Gasteiger partial charge in [-0.15, -0.1) is 0 Å². The molecule has 7 heteroatoms. The van der Waals surface area contributed by atoms with Gasteiger partial charge in [0.1, 0.15) is 11.6 Å². The van der Waals surface area contributed by atoms with Crippen molar-refractivity contribution in [2.45, 2.75) is 11.6 Å². The van der Waals surface area contributed by atoms with E-state index in [2.05, 4.69) is 10.3 Å². The Bertz CT molecular complexity index is 754. The second-order valence-corrected chi connectivity index (χ2v) is 6.34. The number of hydrogen-bond donors (Lipinski definition) is 1. The topological polar surface area (TPSA) is 62.3 Å². The maximum atomic E-state index is 12.2. The summed E-state index contributed by atoms with van der Waals surface area (Å²) >= 11 is 7.45. The van der Waals surface area contributed by atoms with E-state index >= 15 is 0 Å². The lowest BCUT2D eigenvalue weighted by atomic mass is 10.2. The van der Waals surface area contributed by atoms with Crippen molar-refractivity contribution in [3.8, 4) is 0 Å². The number of halogens is 1. The fourth-order valence-electron chi connectivity index (χ4n) is 2.25. The van der Waals surface area contributed by atoms with Crippen LogP contribution >= 0.6 is 23.4 Å². The first-order valence-electron chi connectivity index (χ1n) is 7.03. The van der Waals surface area contributed by atoms with Crippen molar-refractivity contribution in [2.24, 2.45) is 0 Å². The van der Waals surface area contributed by atoms with Crippen molar-refractivity contribution in [1.29, 1.82) is 0 Å². The first kappa shape index (κ1) is 15.8. The Labute approximate surface area is 143 Å². The summed E-state index contributed by atoms with van der Waals surface area (Å²) in [5.74, 6) is -0.0368. The average molecular weight is 348 g/mol. The first-order chi connectivity index (χ1) is 11.1. The zero-order valence-corrected chi connectivity index (χ0v) is 13.7. The summed E-state index contributed by atoms with van der Waals surface area (Å²) in [6.07, 6.45) is 1.68. The highest BCUT2D eigenvalue weighted by Gasteiger charge is 2.27. The molecule has 2 heterocycles. The molecule has 2 aromatic rings. The third kappa shape index (κ3) is 3.65. The van der Waals surface area contributed by atoms with E-state index in [1.807, 2.05) is 18.2 Å². The van der Waals surface area contributed by atoms with Crippen LogP contribution in [0.4, 0.5) is 5.69 Å². The van der Waals surface area contributed by atoms with Gasteiger partial charge < -0.3 is 5.32 Å². The number of anilines is 1. The molecule has 0 fully saturated rings. The van der Waals surface area contributed by atoms with Gasteiger partial charge in [0.2, 0.25) is 11.8 Å². The fourth-order valence-corrected chi connectivity index (χ4v) is 3.33. The number of aromatic nitrogens is 1. The molecule has 0 unspecified atom stereocenters. The van der Waals surface area contributed by atoms with Gasteiger partial charge in [-0.1, -0.05) is 41.6 Å². The normalized spacial score (nSPS) is 13.6.